The summed E-state index contributed by atoms with van der Waals surface area (Å²) in [5.41, 5.74) is 0.240. The number of carbonyl (C=O) groups excluding carboxylic acids is 1. The monoisotopic (exact) mass is 362 g/mol. The van der Waals surface area contributed by atoms with Crippen molar-refractivity contribution < 1.29 is 9.18 Å². The van der Waals surface area contributed by atoms with Gasteiger partial charge in [-0.15, -0.1) is 0 Å². The summed E-state index contributed by atoms with van der Waals surface area (Å²) in [5, 5.41) is 3.17. The second-order valence-corrected chi connectivity index (χ2v) is 6.59. The Kier molecular flexibility index (Phi) is 5.81. The van der Waals surface area contributed by atoms with Crippen molar-refractivity contribution in [3.8, 4) is 0 Å². The van der Waals surface area contributed by atoms with Gasteiger partial charge < -0.3 is 10.2 Å². The third-order valence-corrected chi connectivity index (χ3v) is 4.70. The molecular weight excluding hydrogens is 343 g/mol. The van der Waals surface area contributed by atoms with Crippen molar-refractivity contribution in [2.24, 2.45) is 5.92 Å². The van der Waals surface area contributed by atoms with E-state index in [1.165, 1.54) is 12.1 Å². The van der Waals surface area contributed by atoms with E-state index in [9.17, 15) is 9.18 Å². The Hall–Kier alpha value is -2.21. The highest BCUT2D eigenvalue weighted by atomic mass is 35.5. The maximum absolute atomic E-state index is 13.8. The molecule has 2 heterocycles. The van der Waals surface area contributed by atoms with Crippen LogP contribution in [0.1, 0.15) is 18.4 Å². The Balaban J connectivity index is 1.52. The van der Waals surface area contributed by atoms with Crippen LogP contribution in [0.5, 0.6) is 0 Å². The number of piperidine rings is 1. The van der Waals surface area contributed by atoms with Crippen LogP contribution in [0.3, 0.4) is 0 Å². The van der Waals surface area contributed by atoms with Crippen LogP contribution in [0, 0.1) is 11.7 Å². The van der Waals surface area contributed by atoms with Crippen LogP contribution in [-0.4, -0.2) is 35.5 Å². The van der Waals surface area contributed by atoms with Gasteiger partial charge in [0, 0.05) is 42.6 Å². The standard InChI is InChI=1S/C18H20ClFN4O/c19-15-5-1-6-16(20)14(15)10-17(25)23-11-13-4-2-9-24(12-13)18-21-7-3-8-22-18/h1,3,5-8,13H,2,4,9-12H2,(H,23,25). The molecule has 25 heavy (non-hydrogen) atoms. The lowest BCUT2D eigenvalue weighted by atomic mass is 9.98. The van der Waals surface area contributed by atoms with Gasteiger partial charge in [0.2, 0.25) is 11.9 Å². The number of benzene rings is 1. The largest absolute Gasteiger partial charge is 0.355 e. The predicted octanol–water partition coefficient (Wildman–Crippen LogP) is 2.84. The van der Waals surface area contributed by atoms with Crippen molar-refractivity contribution >= 4 is 23.5 Å². The highest BCUT2D eigenvalue weighted by Gasteiger charge is 2.22. The second-order valence-electron chi connectivity index (χ2n) is 6.18. The van der Waals surface area contributed by atoms with E-state index >= 15 is 0 Å². The fraction of sp³-hybridized carbons (Fsp3) is 0.389. The zero-order valence-electron chi connectivity index (χ0n) is 13.8. The molecule has 1 aromatic heterocycles. The van der Waals surface area contributed by atoms with Crippen LogP contribution in [0.4, 0.5) is 10.3 Å². The van der Waals surface area contributed by atoms with Crippen LogP contribution in [0.25, 0.3) is 0 Å². The molecule has 5 nitrogen and oxygen atoms in total. The molecule has 0 radical (unpaired) electrons. The molecule has 1 amide bonds. The smallest absolute Gasteiger partial charge is 0.225 e. The molecule has 1 fully saturated rings. The summed E-state index contributed by atoms with van der Waals surface area (Å²) in [7, 11) is 0. The van der Waals surface area contributed by atoms with Gasteiger partial charge >= 0.3 is 0 Å². The van der Waals surface area contributed by atoms with E-state index < -0.39 is 5.82 Å². The number of aromatic nitrogens is 2. The molecule has 1 N–H and O–H groups in total. The number of nitrogens with one attached hydrogen (secondary N) is 1. The quantitative estimate of drug-likeness (QED) is 0.888. The average molecular weight is 363 g/mol. The van der Waals surface area contributed by atoms with Gasteiger partial charge in [-0.25, -0.2) is 14.4 Å². The molecule has 1 unspecified atom stereocenters. The molecule has 132 valence electrons. The van der Waals surface area contributed by atoms with Crippen LogP contribution in [0.15, 0.2) is 36.7 Å². The topological polar surface area (TPSA) is 58.1 Å². The minimum atomic E-state index is -0.451. The normalized spacial score (nSPS) is 17.4. The first-order chi connectivity index (χ1) is 12.1. The van der Waals surface area contributed by atoms with Gasteiger partial charge in [0.15, 0.2) is 0 Å². The summed E-state index contributed by atoms with van der Waals surface area (Å²) in [6.45, 7) is 2.26. The van der Waals surface area contributed by atoms with E-state index in [4.69, 9.17) is 11.6 Å². The fourth-order valence-corrected chi connectivity index (χ4v) is 3.28. The molecule has 1 saturated heterocycles. The van der Waals surface area contributed by atoms with Crippen molar-refractivity contribution in [2.45, 2.75) is 19.3 Å². The van der Waals surface area contributed by atoms with Gasteiger partial charge in [-0.3, -0.25) is 4.79 Å². The van der Waals surface area contributed by atoms with Gasteiger partial charge in [0.1, 0.15) is 5.82 Å². The Bertz CT molecular complexity index is 708. The molecule has 0 aliphatic carbocycles. The first kappa shape index (κ1) is 17.6. The number of amides is 1. The molecule has 3 rings (SSSR count). The Morgan fingerprint density at radius 3 is 2.88 bits per heavy atom. The number of nitrogens with zero attached hydrogens (tertiary/aromatic N) is 3. The van der Waals surface area contributed by atoms with Crippen LogP contribution in [-0.2, 0) is 11.2 Å². The zero-order chi connectivity index (χ0) is 17.6. The number of carbonyl (C=O) groups is 1. The van der Waals surface area contributed by atoms with E-state index in [1.807, 2.05) is 0 Å². The maximum Gasteiger partial charge on any atom is 0.225 e. The molecule has 1 aromatic carbocycles. The molecular formula is C18H20ClFN4O. The van der Waals surface area contributed by atoms with Gasteiger partial charge in [0.05, 0.1) is 6.42 Å². The van der Waals surface area contributed by atoms with Crippen molar-refractivity contribution in [3.05, 3.63) is 53.1 Å². The lowest BCUT2D eigenvalue weighted by Gasteiger charge is -2.32. The van der Waals surface area contributed by atoms with E-state index in [0.29, 0.717) is 12.5 Å². The average Bonchev–Trinajstić information content (AvgIpc) is 2.64. The van der Waals surface area contributed by atoms with E-state index in [-0.39, 0.29) is 22.9 Å². The number of anilines is 1. The van der Waals surface area contributed by atoms with Crippen molar-refractivity contribution in [3.63, 3.8) is 0 Å². The molecule has 1 aliphatic rings. The lowest BCUT2D eigenvalue weighted by molar-refractivity contribution is -0.120. The molecule has 0 bridgehead atoms. The molecule has 0 spiro atoms. The summed E-state index contributed by atoms with van der Waals surface area (Å²) in [6, 6.07) is 6.22. The van der Waals surface area contributed by atoms with Crippen LogP contribution >= 0.6 is 11.6 Å². The Labute approximate surface area is 151 Å². The lowest BCUT2D eigenvalue weighted by Crippen LogP contribution is -2.42. The molecule has 0 saturated carbocycles. The third kappa shape index (κ3) is 4.66. The fourth-order valence-electron chi connectivity index (χ4n) is 3.05. The van der Waals surface area contributed by atoms with Gasteiger partial charge in [-0.2, -0.15) is 0 Å². The highest BCUT2D eigenvalue weighted by Crippen LogP contribution is 2.21. The summed E-state index contributed by atoms with van der Waals surface area (Å²) in [5.74, 6) is 0.363. The number of hydrogen-bond donors (Lipinski definition) is 1. The SMILES string of the molecule is O=C(Cc1c(F)cccc1Cl)NCC1CCCN(c2ncccn2)C1. The minimum Gasteiger partial charge on any atom is -0.355 e. The van der Waals surface area contributed by atoms with E-state index in [0.717, 1.165) is 31.9 Å². The summed E-state index contributed by atoms with van der Waals surface area (Å²) < 4.78 is 13.8. The number of halogens is 2. The second kappa shape index (κ2) is 8.25. The predicted molar refractivity (Wildman–Crippen MR) is 95.1 cm³/mol. The minimum absolute atomic E-state index is 0.0518. The van der Waals surface area contributed by atoms with Crippen molar-refractivity contribution in [1.29, 1.82) is 0 Å². The van der Waals surface area contributed by atoms with Gasteiger partial charge in [-0.1, -0.05) is 17.7 Å². The van der Waals surface area contributed by atoms with Gasteiger partial charge in [0.25, 0.3) is 0 Å². The first-order valence-corrected chi connectivity index (χ1v) is 8.73. The third-order valence-electron chi connectivity index (χ3n) is 4.34. The van der Waals surface area contributed by atoms with E-state index in [2.05, 4.69) is 20.2 Å². The molecule has 2 aromatic rings. The number of hydrogen-bond acceptors (Lipinski definition) is 4. The van der Waals surface area contributed by atoms with Crippen molar-refractivity contribution in [1.82, 2.24) is 15.3 Å². The van der Waals surface area contributed by atoms with Gasteiger partial charge in [-0.05, 0) is 37.0 Å². The first-order valence-electron chi connectivity index (χ1n) is 8.35. The summed E-state index contributed by atoms with van der Waals surface area (Å²) in [6.07, 6.45) is 5.46. The molecule has 1 atom stereocenters. The zero-order valence-corrected chi connectivity index (χ0v) is 14.5. The highest BCUT2D eigenvalue weighted by molar-refractivity contribution is 6.31. The van der Waals surface area contributed by atoms with Crippen molar-refractivity contribution in [2.75, 3.05) is 24.5 Å². The number of rotatable bonds is 5. The Morgan fingerprint density at radius 1 is 1.32 bits per heavy atom. The summed E-state index contributed by atoms with van der Waals surface area (Å²) >= 11 is 5.97. The maximum atomic E-state index is 13.8. The Morgan fingerprint density at radius 2 is 2.12 bits per heavy atom. The summed E-state index contributed by atoms with van der Waals surface area (Å²) in [4.78, 5) is 22.8. The molecule has 1 aliphatic heterocycles. The molecule has 7 heteroatoms. The van der Waals surface area contributed by atoms with E-state index in [1.54, 1.807) is 24.5 Å². The van der Waals surface area contributed by atoms with Crippen LogP contribution in [0.2, 0.25) is 5.02 Å². The van der Waals surface area contributed by atoms with Crippen LogP contribution < -0.4 is 10.2 Å².